The molecule has 0 atom stereocenters. The Balaban J connectivity index is 1.94. The largest absolute Gasteiger partial charge is 0.284 e. The molecule has 0 amide bonds. The quantitative estimate of drug-likeness (QED) is 0.151. The summed E-state index contributed by atoms with van der Waals surface area (Å²) in [7, 11) is 0. The van der Waals surface area contributed by atoms with Crippen molar-refractivity contribution < 1.29 is 30.1 Å². The normalized spacial score (nSPS) is 12.1. The summed E-state index contributed by atoms with van der Waals surface area (Å²) in [5.41, 5.74) is 5.24. The van der Waals surface area contributed by atoms with Gasteiger partial charge in [0.25, 0.3) is 11.6 Å². The smallest absolute Gasteiger partial charge is 0.248 e. The maximum atomic E-state index is 10.4. The van der Waals surface area contributed by atoms with Crippen molar-refractivity contribution >= 4 is 0 Å². The fourth-order valence-corrected chi connectivity index (χ4v) is 4.58. The van der Waals surface area contributed by atoms with Gasteiger partial charge in [0.2, 0.25) is 0 Å². The first-order chi connectivity index (χ1) is 17.4. The second kappa shape index (κ2) is 10.7. The summed E-state index contributed by atoms with van der Waals surface area (Å²) in [6.45, 7) is 7.51. The van der Waals surface area contributed by atoms with Gasteiger partial charge in [-0.05, 0) is 49.9 Å². The van der Waals surface area contributed by atoms with Crippen molar-refractivity contribution in [3.05, 3.63) is 142 Å². The highest BCUT2D eigenvalue weighted by Gasteiger charge is 2.48. The molecule has 6 heteroatoms. The van der Waals surface area contributed by atoms with E-state index in [1.165, 1.54) is 0 Å². The van der Waals surface area contributed by atoms with Gasteiger partial charge >= 0.3 is 0 Å². The Bertz CT molecular complexity index is 1140. The summed E-state index contributed by atoms with van der Waals surface area (Å²) in [4.78, 5) is 22.6. The molecule has 36 heavy (non-hydrogen) atoms. The molecule has 0 unspecified atom stereocenters. The Hall–Kier alpha value is -3.36. The average molecular weight is 487 g/mol. The van der Waals surface area contributed by atoms with Crippen molar-refractivity contribution in [2.75, 3.05) is 0 Å². The molecule has 0 fully saturated rings. The molecule has 0 aliphatic heterocycles. The minimum atomic E-state index is -1.90. The van der Waals surface area contributed by atoms with Crippen LogP contribution in [0.25, 0.3) is 0 Å². The molecule has 0 aliphatic rings. The van der Waals surface area contributed by atoms with E-state index in [1.807, 2.05) is 100 Å². The predicted molar refractivity (Wildman–Crippen MR) is 136 cm³/mol. The molecule has 4 aromatic rings. The first-order valence-corrected chi connectivity index (χ1v) is 11.7. The molecule has 4 aromatic carbocycles. The predicted octanol–water partition coefficient (Wildman–Crippen LogP) is 6.95. The van der Waals surface area contributed by atoms with Crippen molar-refractivity contribution in [2.24, 2.45) is 0 Å². The Kier molecular flexibility index (Phi) is 7.66. The van der Waals surface area contributed by atoms with Crippen LogP contribution in [0.4, 0.5) is 0 Å². The molecular weight excluding hydrogens is 456 g/mol. The molecular formula is C30H30O6. The summed E-state index contributed by atoms with van der Waals surface area (Å²) in [5, 5.41) is 20.9. The highest BCUT2D eigenvalue weighted by Crippen LogP contribution is 2.44. The van der Waals surface area contributed by atoms with E-state index in [2.05, 4.69) is 0 Å². The maximum absolute atomic E-state index is 10.4. The number of hydrogen-bond acceptors (Lipinski definition) is 6. The third kappa shape index (κ3) is 4.47. The van der Waals surface area contributed by atoms with Crippen LogP contribution < -0.4 is 0 Å². The maximum Gasteiger partial charge on any atom is 0.284 e. The molecule has 0 bridgehead atoms. The number of aryl methyl sites for hydroxylation is 4. The first-order valence-electron chi connectivity index (χ1n) is 11.7. The van der Waals surface area contributed by atoms with Gasteiger partial charge in [-0.2, -0.15) is 19.6 Å². The lowest BCUT2D eigenvalue weighted by molar-refractivity contribution is -0.566. The van der Waals surface area contributed by atoms with Gasteiger partial charge in [-0.3, -0.25) is 0 Å². The molecule has 4 rings (SSSR count). The fourth-order valence-electron chi connectivity index (χ4n) is 4.58. The van der Waals surface area contributed by atoms with Crippen LogP contribution in [0, 0.1) is 27.7 Å². The Labute approximate surface area is 211 Å². The van der Waals surface area contributed by atoms with Crippen molar-refractivity contribution in [1.82, 2.24) is 0 Å². The average Bonchev–Trinajstić information content (AvgIpc) is 2.90. The highest BCUT2D eigenvalue weighted by atomic mass is 17.3. The highest BCUT2D eigenvalue weighted by molar-refractivity contribution is 5.43. The zero-order valence-corrected chi connectivity index (χ0v) is 20.8. The van der Waals surface area contributed by atoms with Crippen LogP contribution in [0.15, 0.2) is 97.1 Å². The summed E-state index contributed by atoms with van der Waals surface area (Å²) >= 11 is 0. The van der Waals surface area contributed by atoms with E-state index in [-0.39, 0.29) is 0 Å². The standard InChI is InChI=1S/C30H30O6/c1-21-13-5-9-17-25(21)29(33-31,26-18-10-6-14-22(26)2)35-36-30(34-32,27-19-11-7-15-23(27)3)28-20-12-8-16-24(28)4/h5-20,31-32H,1-4H3. The molecule has 0 aliphatic carbocycles. The SMILES string of the molecule is Cc1ccccc1C(OO)(OOC(OO)(c1ccccc1C)c1ccccc1C)c1ccccc1C. The van der Waals surface area contributed by atoms with Gasteiger partial charge < -0.3 is 0 Å². The van der Waals surface area contributed by atoms with Crippen LogP contribution >= 0.6 is 0 Å². The van der Waals surface area contributed by atoms with Crippen LogP contribution in [0.2, 0.25) is 0 Å². The van der Waals surface area contributed by atoms with Gasteiger partial charge in [0, 0.05) is 22.3 Å². The summed E-state index contributed by atoms with van der Waals surface area (Å²) < 4.78 is 0. The summed E-state index contributed by atoms with van der Waals surface area (Å²) in [6, 6.07) is 29.4. The molecule has 0 saturated heterocycles. The minimum Gasteiger partial charge on any atom is -0.248 e. The van der Waals surface area contributed by atoms with E-state index in [1.54, 1.807) is 24.3 Å². The lowest BCUT2D eigenvalue weighted by atomic mass is 9.90. The van der Waals surface area contributed by atoms with Gasteiger partial charge in [0.15, 0.2) is 0 Å². The molecule has 0 aromatic heterocycles. The van der Waals surface area contributed by atoms with E-state index in [9.17, 15) is 10.5 Å². The number of hydrogen-bond donors (Lipinski definition) is 2. The second-order valence-corrected chi connectivity index (χ2v) is 8.84. The van der Waals surface area contributed by atoms with Crippen LogP contribution in [0.3, 0.4) is 0 Å². The first kappa shape index (κ1) is 25.7. The van der Waals surface area contributed by atoms with Crippen LogP contribution in [0.5, 0.6) is 0 Å². The molecule has 0 heterocycles. The van der Waals surface area contributed by atoms with Crippen LogP contribution in [-0.2, 0) is 31.1 Å². The second-order valence-electron chi connectivity index (χ2n) is 8.84. The Morgan fingerprint density at radius 1 is 0.417 bits per heavy atom. The number of benzene rings is 4. The van der Waals surface area contributed by atoms with E-state index < -0.39 is 11.6 Å². The van der Waals surface area contributed by atoms with Crippen molar-refractivity contribution in [2.45, 2.75) is 39.3 Å². The van der Waals surface area contributed by atoms with Gasteiger partial charge in [0.05, 0.1) is 0 Å². The van der Waals surface area contributed by atoms with Gasteiger partial charge in [-0.1, -0.05) is 97.1 Å². The molecule has 6 nitrogen and oxygen atoms in total. The molecule has 0 saturated carbocycles. The van der Waals surface area contributed by atoms with Gasteiger partial charge in [-0.25, -0.2) is 10.5 Å². The summed E-state index contributed by atoms with van der Waals surface area (Å²) in [6.07, 6.45) is 0. The zero-order valence-electron chi connectivity index (χ0n) is 20.8. The monoisotopic (exact) mass is 486 g/mol. The Morgan fingerprint density at radius 2 is 0.639 bits per heavy atom. The third-order valence-electron chi connectivity index (χ3n) is 6.53. The fraction of sp³-hybridized carbons (Fsp3) is 0.200. The summed E-state index contributed by atoms with van der Waals surface area (Å²) in [5.74, 6) is -3.79. The zero-order chi connectivity index (χ0) is 25.8. The van der Waals surface area contributed by atoms with Crippen molar-refractivity contribution in [3.63, 3.8) is 0 Å². The van der Waals surface area contributed by atoms with Crippen molar-refractivity contribution in [3.8, 4) is 0 Å². The minimum absolute atomic E-state index is 0.517. The van der Waals surface area contributed by atoms with Gasteiger partial charge in [-0.15, -0.1) is 0 Å². The topological polar surface area (TPSA) is 77.4 Å². The van der Waals surface area contributed by atoms with Crippen LogP contribution in [-0.4, -0.2) is 10.5 Å². The van der Waals surface area contributed by atoms with E-state index in [4.69, 9.17) is 19.6 Å². The van der Waals surface area contributed by atoms with Crippen LogP contribution in [0.1, 0.15) is 44.5 Å². The lowest BCUT2D eigenvalue weighted by Crippen LogP contribution is -2.42. The Morgan fingerprint density at radius 3 is 0.833 bits per heavy atom. The lowest BCUT2D eigenvalue weighted by Gasteiger charge is -2.37. The van der Waals surface area contributed by atoms with Gasteiger partial charge in [0.1, 0.15) is 0 Å². The third-order valence-corrected chi connectivity index (χ3v) is 6.53. The van der Waals surface area contributed by atoms with Crippen molar-refractivity contribution in [1.29, 1.82) is 0 Å². The van der Waals surface area contributed by atoms with E-state index in [0.717, 1.165) is 22.3 Å². The molecule has 2 N–H and O–H groups in total. The number of rotatable bonds is 9. The molecule has 186 valence electrons. The van der Waals surface area contributed by atoms with E-state index >= 15 is 0 Å². The van der Waals surface area contributed by atoms with E-state index in [0.29, 0.717) is 22.3 Å². The molecule has 0 radical (unpaired) electrons. The molecule has 0 spiro atoms.